The van der Waals surface area contributed by atoms with Gasteiger partial charge >= 0.3 is 5.97 Å². The third kappa shape index (κ3) is 2.79. The first-order valence-electron chi connectivity index (χ1n) is 4.70. The van der Waals surface area contributed by atoms with E-state index < -0.39 is 11.8 Å². The van der Waals surface area contributed by atoms with Gasteiger partial charge in [0.25, 0.3) is 0 Å². The van der Waals surface area contributed by atoms with Gasteiger partial charge in [0.2, 0.25) is 0 Å². The lowest BCUT2D eigenvalue weighted by molar-refractivity contribution is -0.139. The van der Waals surface area contributed by atoms with Crippen molar-refractivity contribution < 1.29 is 23.4 Å². The molecule has 0 aromatic heterocycles. The summed E-state index contributed by atoms with van der Waals surface area (Å²) < 4.78 is 27.9. The fourth-order valence-electron chi connectivity index (χ4n) is 1.36. The summed E-state index contributed by atoms with van der Waals surface area (Å²) >= 11 is 5.99. The van der Waals surface area contributed by atoms with E-state index in [2.05, 4.69) is 4.74 Å². The van der Waals surface area contributed by atoms with Crippen LogP contribution >= 0.6 is 11.6 Å². The van der Waals surface area contributed by atoms with Gasteiger partial charge in [0, 0.05) is 0 Å². The van der Waals surface area contributed by atoms with Gasteiger partial charge < -0.3 is 14.2 Å². The van der Waals surface area contributed by atoms with Crippen LogP contribution in [0.1, 0.15) is 5.56 Å². The Labute approximate surface area is 103 Å². The normalized spacial score (nSPS) is 9.94. The van der Waals surface area contributed by atoms with Crippen LogP contribution in [0.25, 0.3) is 0 Å². The lowest BCUT2D eigenvalue weighted by atomic mass is 10.1. The maximum absolute atomic E-state index is 13.6. The lowest BCUT2D eigenvalue weighted by Gasteiger charge is -2.13. The quantitative estimate of drug-likeness (QED) is 0.781. The Morgan fingerprint density at radius 1 is 1.29 bits per heavy atom. The minimum Gasteiger partial charge on any atom is -0.491 e. The maximum atomic E-state index is 13.6. The summed E-state index contributed by atoms with van der Waals surface area (Å²) in [7, 11) is 3.88. The molecular formula is C11H12ClFO4. The number of hydrogen-bond acceptors (Lipinski definition) is 4. The molecule has 0 atom stereocenters. The van der Waals surface area contributed by atoms with E-state index in [1.54, 1.807) is 0 Å². The molecule has 1 rings (SSSR count). The molecule has 1 aromatic carbocycles. The summed E-state index contributed by atoms with van der Waals surface area (Å²) in [6.45, 7) is 0. The third-order valence-electron chi connectivity index (χ3n) is 2.18. The topological polar surface area (TPSA) is 44.8 Å². The molecule has 94 valence electrons. The Balaban J connectivity index is 3.25. The van der Waals surface area contributed by atoms with Crippen LogP contribution in [-0.2, 0) is 16.0 Å². The van der Waals surface area contributed by atoms with E-state index in [-0.39, 0.29) is 28.5 Å². The van der Waals surface area contributed by atoms with E-state index in [0.717, 1.165) is 6.07 Å². The lowest BCUT2D eigenvalue weighted by Crippen LogP contribution is -2.07. The maximum Gasteiger partial charge on any atom is 0.310 e. The van der Waals surface area contributed by atoms with Crippen molar-refractivity contribution >= 4 is 17.6 Å². The van der Waals surface area contributed by atoms with Crippen LogP contribution in [-0.4, -0.2) is 27.3 Å². The van der Waals surface area contributed by atoms with Gasteiger partial charge in [-0.2, -0.15) is 0 Å². The molecule has 0 aliphatic heterocycles. The summed E-state index contributed by atoms with van der Waals surface area (Å²) in [5, 5.41) is 0.135. The Hall–Kier alpha value is -1.49. The number of esters is 1. The molecule has 17 heavy (non-hydrogen) atoms. The highest BCUT2D eigenvalue weighted by atomic mass is 35.5. The summed E-state index contributed by atoms with van der Waals surface area (Å²) in [4.78, 5) is 11.1. The van der Waals surface area contributed by atoms with Gasteiger partial charge in [-0.3, -0.25) is 4.79 Å². The fourth-order valence-corrected chi connectivity index (χ4v) is 1.65. The average Bonchev–Trinajstić information content (AvgIpc) is 2.32. The first-order valence-corrected chi connectivity index (χ1v) is 5.08. The van der Waals surface area contributed by atoms with Gasteiger partial charge in [-0.1, -0.05) is 11.6 Å². The predicted octanol–water partition coefficient (Wildman–Crippen LogP) is 2.21. The van der Waals surface area contributed by atoms with Gasteiger partial charge in [-0.15, -0.1) is 0 Å². The molecule has 4 nitrogen and oxygen atoms in total. The minimum atomic E-state index is -0.646. The third-order valence-corrected chi connectivity index (χ3v) is 2.59. The monoisotopic (exact) mass is 262 g/mol. The summed E-state index contributed by atoms with van der Waals surface area (Å²) in [5.41, 5.74) is 0.286. The largest absolute Gasteiger partial charge is 0.491 e. The van der Waals surface area contributed by atoms with Gasteiger partial charge in [0.05, 0.1) is 32.8 Å². The Bertz CT molecular complexity index is 434. The smallest absolute Gasteiger partial charge is 0.310 e. The van der Waals surface area contributed by atoms with Crippen molar-refractivity contribution in [3.63, 3.8) is 0 Å². The number of ether oxygens (including phenoxy) is 3. The Morgan fingerprint density at radius 2 is 1.88 bits per heavy atom. The summed E-state index contributed by atoms with van der Waals surface area (Å²) in [5.74, 6) is -1.19. The van der Waals surface area contributed by atoms with Gasteiger partial charge in [0.1, 0.15) is 0 Å². The number of hydrogen-bond donors (Lipinski definition) is 0. The molecule has 0 unspecified atom stereocenters. The van der Waals surface area contributed by atoms with E-state index in [9.17, 15) is 9.18 Å². The number of carbonyl (C=O) groups is 1. The average molecular weight is 263 g/mol. The van der Waals surface area contributed by atoms with Crippen molar-refractivity contribution in [3.8, 4) is 11.5 Å². The van der Waals surface area contributed by atoms with Crippen molar-refractivity contribution in [1.29, 1.82) is 0 Å². The molecule has 0 amide bonds. The van der Waals surface area contributed by atoms with Crippen LogP contribution in [0.4, 0.5) is 4.39 Å². The van der Waals surface area contributed by atoms with E-state index in [1.165, 1.54) is 21.3 Å². The zero-order chi connectivity index (χ0) is 13.0. The second kappa shape index (κ2) is 5.72. The van der Waals surface area contributed by atoms with Crippen LogP contribution in [0.2, 0.25) is 5.02 Å². The molecule has 0 fully saturated rings. The molecule has 0 saturated carbocycles. The fraction of sp³-hybridized carbons (Fsp3) is 0.364. The highest BCUT2D eigenvalue weighted by molar-refractivity contribution is 6.33. The second-order valence-electron chi connectivity index (χ2n) is 3.15. The zero-order valence-corrected chi connectivity index (χ0v) is 10.4. The molecule has 0 N–H and O–H groups in total. The molecule has 6 heteroatoms. The SMILES string of the molecule is COC(=O)Cc1cc(F)c(OC)c(OC)c1Cl. The van der Waals surface area contributed by atoms with Gasteiger partial charge in [0.15, 0.2) is 17.3 Å². The zero-order valence-electron chi connectivity index (χ0n) is 9.67. The highest BCUT2D eigenvalue weighted by Gasteiger charge is 2.20. The Morgan fingerprint density at radius 3 is 2.35 bits per heavy atom. The molecule has 0 bridgehead atoms. The molecule has 1 aromatic rings. The molecular weight excluding hydrogens is 251 g/mol. The van der Waals surface area contributed by atoms with Crippen LogP contribution < -0.4 is 9.47 Å². The highest BCUT2D eigenvalue weighted by Crippen LogP contribution is 2.39. The number of carbonyl (C=O) groups excluding carboxylic acids is 1. The molecule has 0 radical (unpaired) electrons. The first-order chi connectivity index (χ1) is 8.04. The number of benzene rings is 1. The summed E-state index contributed by atoms with van der Waals surface area (Å²) in [6, 6.07) is 1.13. The minimum absolute atomic E-state index is 0.0630. The van der Waals surface area contributed by atoms with Gasteiger partial charge in [-0.05, 0) is 11.6 Å². The van der Waals surface area contributed by atoms with Crippen molar-refractivity contribution in [3.05, 3.63) is 22.5 Å². The Kier molecular flexibility index (Phi) is 4.57. The van der Waals surface area contributed by atoms with Crippen LogP contribution in [0.15, 0.2) is 6.07 Å². The van der Waals surface area contributed by atoms with E-state index in [0.29, 0.717) is 0 Å². The molecule has 0 saturated heterocycles. The number of methoxy groups -OCH3 is 3. The molecule has 0 heterocycles. The number of rotatable bonds is 4. The van der Waals surface area contributed by atoms with E-state index in [1.807, 2.05) is 0 Å². The van der Waals surface area contributed by atoms with Crippen molar-refractivity contribution in [2.24, 2.45) is 0 Å². The second-order valence-corrected chi connectivity index (χ2v) is 3.53. The summed E-state index contributed by atoms with van der Waals surface area (Å²) in [6.07, 6.45) is -0.132. The number of halogens is 2. The molecule has 0 aliphatic carbocycles. The first kappa shape index (κ1) is 13.6. The van der Waals surface area contributed by atoms with E-state index in [4.69, 9.17) is 21.1 Å². The van der Waals surface area contributed by atoms with E-state index >= 15 is 0 Å². The van der Waals surface area contributed by atoms with Crippen LogP contribution in [0.3, 0.4) is 0 Å². The van der Waals surface area contributed by atoms with Crippen LogP contribution in [0, 0.1) is 5.82 Å². The van der Waals surface area contributed by atoms with Crippen molar-refractivity contribution in [1.82, 2.24) is 0 Å². The predicted molar refractivity (Wildman–Crippen MR) is 60.2 cm³/mol. The van der Waals surface area contributed by atoms with Crippen LogP contribution in [0.5, 0.6) is 11.5 Å². The standard InChI is InChI=1S/C11H12ClFO4/c1-15-8(14)5-6-4-7(13)10(16-2)11(17-3)9(6)12/h4H,5H2,1-3H3. The van der Waals surface area contributed by atoms with Crippen molar-refractivity contribution in [2.75, 3.05) is 21.3 Å². The van der Waals surface area contributed by atoms with Gasteiger partial charge in [-0.25, -0.2) is 4.39 Å². The molecule has 0 aliphatic rings. The molecule has 0 spiro atoms. The van der Waals surface area contributed by atoms with Crippen molar-refractivity contribution in [2.45, 2.75) is 6.42 Å².